The van der Waals surface area contributed by atoms with E-state index in [4.69, 9.17) is 4.74 Å². The van der Waals surface area contributed by atoms with Crippen LogP contribution in [-0.2, 0) is 4.74 Å². The standard InChI is InChI=1S/C14H20BrNO2/c1-9-8-11(6-7-12(9)15)10(2)16-13(17)18-14(3,4)5/h6-8,10H,1-5H3,(H,16,17)/t10-/m1/s1. The monoisotopic (exact) mass is 313 g/mol. The average Bonchev–Trinajstić information content (AvgIpc) is 2.18. The highest BCUT2D eigenvalue weighted by atomic mass is 79.9. The van der Waals surface area contributed by atoms with Gasteiger partial charge in [-0.3, -0.25) is 0 Å². The van der Waals surface area contributed by atoms with Crippen LogP contribution in [0.3, 0.4) is 0 Å². The SMILES string of the molecule is Cc1cc([C@@H](C)NC(=O)OC(C)(C)C)ccc1Br. The molecule has 0 fully saturated rings. The molecule has 18 heavy (non-hydrogen) atoms. The van der Waals surface area contributed by atoms with Gasteiger partial charge in [0.05, 0.1) is 6.04 Å². The third kappa shape index (κ3) is 4.69. The Bertz CT molecular complexity index is 438. The van der Waals surface area contributed by atoms with Gasteiger partial charge < -0.3 is 10.1 Å². The summed E-state index contributed by atoms with van der Waals surface area (Å²) in [6, 6.07) is 5.94. The van der Waals surface area contributed by atoms with Crippen molar-refractivity contribution in [3.63, 3.8) is 0 Å². The zero-order valence-corrected chi connectivity index (χ0v) is 13.1. The molecule has 0 spiro atoms. The Balaban J connectivity index is 2.68. The first-order valence-corrected chi connectivity index (χ1v) is 6.74. The van der Waals surface area contributed by atoms with E-state index in [1.54, 1.807) is 0 Å². The van der Waals surface area contributed by atoms with Crippen LogP contribution in [0, 0.1) is 6.92 Å². The van der Waals surface area contributed by atoms with Crippen LogP contribution in [0.1, 0.15) is 44.9 Å². The molecule has 3 nitrogen and oxygen atoms in total. The Morgan fingerprint density at radius 3 is 2.50 bits per heavy atom. The molecule has 100 valence electrons. The first kappa shape index (κ1) is 15.0. The van der Waals surface area contributed by atoms with Crippen LogP contribution in [-0.4, -0.2) is 11.7 Å². The Morgan fingerprint density at radius 2 is 2.00 bits per heavy atom. The number of nitrogens with one attached hydrogen (secondary N) is 1. The van der Waals surface area contributed by atoms with Gasteiger partial charge in [0.15, 0.2) is 0 Å². The molecule has 0 saturated heterocycles. The van der Waals surface area contributed by atoms with Crippen molar-refractivity contribution < 1.29 is 9.53 Å². The van der Waals surface area contributed by atoms with Gasteiger partial charge in [0.25, 0.3) is 0 Å². The minimum atomic E-state index is -0.473. The van der Waals surface area contributed by atoms with Crippen molar-refractivity contribution in [2.45, 2.75) is 46.3 Å². The largest absolute Gasteiger partial charge is 0.444 e. The number of ether oxygens (including phenoxy) is 1. The van der Waals surface area contributed by atoms with E-state index in [-0.39, 0.29) is 6.04 Å². The Labute approximate surface area is 117 Å². The maximum Gasteiger partial charge on any atom is 0.408 e. The van der Waals surface area contributed by atoms with E-state index in [0.717, 1.165) is 15.6 Å². The first-order chi connectivity index (χ1) is 8.19. The fourth-order valence-electron chi connectivity index (χ4n) is 1.50. The van der Waals surface area contributed by atoms with Gasteiger partial charge in [0, 0.05) is 4.47 Å². The number of aryl methyl sites for hydroxylation is 1. The molecule has 1 aromatic carbocycles. The summed E-state index contributed by atoms with van der Waals surface area (Å²) >= 11 is 3.46. The van der Waals surface area contributed by atoms with Crippen molar-refractivity contribution in [2.75, 3.05) is 0 Å². The van der Waals surface area contributed by atoms with Crippen molar-refractivity contribution in [1.29, 1.82) is 0 Å². The maximum atomic E-state index is 11.7. The number of halogens is 1. The Kier molecular flexibility index (Phi) is 4.79. The third-order valence-electron chi connectivity index (χ3n) is 2.42. The molecule has 0 heterocycles. The van der Waals surface area contributed by atoms with Gasteiger partial charge in [-0.15, -0.1) is 0 Å². The molecule has 0 aliphatic carbocycles. The smallest absolute Gasteiger partial charge is 0.408 e. The fraction of sp³-hybridized carbons (Fsp3) is 0.500. The summed E-state index contributed by atoms with van der Waals surface area (Å²) in [6.45, 7) is 9.50. The highest BCUT2D eigenvalue weighted by Gasteiger charge is 2.18. The van der Waals surface area contributed by atoms with Crippen LogP contribution in [0.2, 0.25) is 0 Å². The van der Waals surface area contributed by atoms with E-state index in [1.165, 1.54) is 0 Å². The van der Waals surface area contributed by atoms with Gasteiger partial charge in [-0.2, -0.15) is 0 Å². The molecule has 0 bridgehead atoms. The topological polar surface area (TPSA) is 38.3 Å². The number of carbonyl (C=O) groups excluding carboxylic acids is 1. The Morgan fingerprint density at radius 1 is 1.39 bits per heavy atom. The summed E-state index contributed by atoms with van der Waals surface area (Å²) in [5, 5.41) is 2.82. The van der Waals surface area contributed by atoms with Crippen LogP contribution in [0.5, 0.6) is 0 Å². The second-order valence-corrected chi connectivity index (χ2v) is 6.23. The molecule has 0 aliphatic rings. The van der Waals surface area contributed by atoms with Crippen molar-refractivity contribution in [3.05, 3.63) is 33.8 Å². The van der Waals surface area contributed by atoms with Crippen LogP contribution in [0.25, 0.3) is 0 Å². The van der Waals surface area contributed by atoms with Crippen LogP contribution in [0.4, 0.5) is 4.79 Å². The van der Waals surface area contributed by atoms with Gasteiger partial charge in [0.1, 0.15) is 5.60 Å². The van der Waals surface area contributed by atoms with Gasteiger partial charge in [-0.25, -0.2) is 4.79 Å². The minimum Gasteiger partial charge on any atom is -0.444 e. The van der Waals surface area contributed by atoms with Crippen LogP contribution >= 0.6 is 15.9 Å². The maximum absolute atomic E-state index is 11.7. The van der Waals surface area contributed by atoms with Gasteiger partial charge >= 0.3 is 6.09 Å². The van der Waals surface area contributed by atoms with E-state index >= 15 is 0 Å². The quantitative estimate of drug-likeness (QED) is 0.881. The molecule has 0 aromatic heterocycles. The molecule has 1 atom stereocenters. The van der Waals surface area contributed by atoms with Crippen molar-refractivity contribution in [1.82, 2.24) is 5.32 Å². The lowest BCUT2D eigenvalue weighted by Gasteiger charge is -2.22. The highest BCUT2D eigenvalue weighted by Crippen LogP contribution is 2.21. The summed E-state index contributed by atoms with van der Waals surface area (Å²) in [5.74, 6) is 0. The van der Waals surface area contributed by atoms with E-state index in [2.05, 4.69) is 21.2 Å². The summed E-state index contributed by atoms with van der Waals surface area (Å²) in [5.41, 5.74) is 1.73. The number of benzene rings is 1. The Hall–Kier alpha value is -1.03. The van der Waals surface area contributed by atoms with Crippen molar-refractivity contribution in [3.8, 4) is 0 Å². The molecule has 4 heteroatoms. The lowest BCUT2D eigenvalue weighted by atomic mass is 10.1. The number of alkyl carbamates (subject to hydrolysis) is 1. The normalized spacial score (nSPS) is 13.0. The lowest BCUT2D eigenvalue weighted by Crippen LogP contribution is -2.34. The van der Waals surface area contributed by atoms with Crippen LogP contribution < -0.4 is 5.32 Å². The summed E-state index contributed by atoms with van der Waals surface area (Å²) in [7, 11) is 0. The van der Waals surface area contributed by atoms with Crippen molar-refractivity contribution in [2.24, 2.45) is 0 Å². The summed E-state index contributed by atoms with van der Waals surface area (Å²) < 4.78 is 6.29. The fourth-order valence-corrected chi connectivity index (χ4v) is 1.75. The zero-order chi connectivity index (χ0) is 13.9. The van der Waals surface area contributed by atoms with E-state index < -0.39 is 11.7 Å². The minimum absolute atomic E-state index is 0.0772. The molecule has 0 aliphatic heterocycles. The molecule has 0 unspecified atom stereocenters. The van der Waals surface area contributed by atoms with E-state index in [9.17, 15) is 4.79 Å². The first-order valence-electron chi connectivity index (χ1n) is 5.94. The molecule has 1 rings (SSSR count). The predicted octanol–water partition coefficient (Wildman–Crippen LogP) is 4.34. The molecule has 0 radical (unpaired) electrons. The number of hydrogen-bond donors (Lipinski definition) is 1. The summed E-state index contributed by atoms with van der Waals surface area (Å²) in [4.78, 5) is 11.7. The van der Waals surface area contributed by atoms with E-state index in [1.807, 2.05) is 52.8 Å². The average molecular weight is 314 g/mol. The zero-order valence-electron chi connectivity index (χ0n) is 11.5. The van der Waals surface area contributed by atoms with Crippen LogP contribution in [0.15, 0.2) is 22.7 Å². The predicted molar refractivity (Wildman–Crippen MR) is 76.7 cm³/mol. The number of rotatable bonds is 2. The van der Waals surface area contributed by atoms with Gasteiger partial charge in [-0.1, -0.05) is 28.1 Å². The number of amides is 1. The van der Waals surface area contributed by atoms with Gasteiger partial charge in [0.2, 0.25) is 0 Å². The second-order valence-electron chi connectivity index (χ2n) is 5.38. The second kappa shape index (κ2) is 5.74. The van der Waals surface area contributed by atoms with Gasteiger partial charge in [-0.05, 0) is 51.8 Å². The molecular formula is C14H20BrNO2. The summed E-state index contributed by atoms with van der Waals surface area (Å²) in [6.07, 6.45) is -0.393. The third-order valence-corrected chi connectivity index (χ3v) is 3.30. The lowest BCUT2D eigenvalue weighted by molar-refractivity contribution is 0.0508. The molecule has 1 amide bonds. The molecule has 1 N–H and O–H groups in total. The highest BCUT2D eigenvalue weighted by molar-refractivity contribution is 9.10. The van der Waals surface area contributed by atoms with E-state index in [0.29, 0.717) is 0 Å². The molecule has 1 aromatic rings. The number of hydrogen-bond acceptors (Lipinski definition) is 2. The van der Waals surface area contributed by atoms with Crippen molar-refractivity contribution >= 4 is 22.0 Å². The molecule has 0 saturated carbocycles. The number of carbonyl (C=O) groups is 1. The molecular weight excluding hydrogens is 294 g/mol.